The number of rotatable bonds is 19. The maximum atomic E-state index is 14.0. The summed E-state index contributed by atoms with van der Waals surface area (Å²) in [7, 11) is -4.01. The molecule has 0 radical (unpaired) electrons. The summed E-state index contributed by atoms with van der Waals surface area (Å²) in [6, 6.07) is 14.8. The summed E-state index contributed by atoms with van der Waals surface area (Å²) >= 11 is 2.82. The Labute approximate surface area is 380 Å². The van der Waals surface area contributed by atoms with Gasteiger partial charge in [0.15, 0.2) is 0 Å². The molecule has 2 aromatic heterocycles. The van der Waals surface area contributed by atoms with Crippen LogP contribution in [-0.2, 0) is 44.6 Å². The number of carbonyl (C=O) groups excluding carboxylic acids is 3. The minimum atomic E-state index is -5.63. The van der Waals surface area contributed by atoms with E-state index in [2.05, 4.69) is 25.9 Å². The van der Waals surface area contributed by atoms with Crippen LogP contribution in [0.2, 0.25) is 0 Å². The third-order valence-electron chi connectivity index (χ3n) is 8.37. The SMILES string of the molecule is CC(C)c1nc(CN(C)C(=O)N[C@H](C(=O)N[C@@H](Cc2ccccc2)C[C@H](OP(=O)([O-])[O-])[C@H](Cc2ccccc2)NC(=O)OCc2cncs2)C(C)C)cs1.[Na+].[Na+]. The molecule has 2 aromatic carbocycles. The number of amides is 4. The molecule has 56 heavy (non-hydrogen) atoms. The molecule has 0 fully saturated rings. The first kappa shape index (κ1) is 50.0. The molecule has 0 aliphatic carbocycles. The minimum absolute atomic E-state index is 0. The number of hydrogen-bond donors (Lipinski definition) is 3. The van der Waals surface area contributed by atoms with Crippen molar-refractivity contribution in [3.8, 4) is 0 Å². The Morgan fingerprint density at radius 2 is 1.52 bits per heavy atom. The van der Waals surface area contributed by atoms with Crippen LogP contribution < -0.4 is 84.9 Å². The Morgan fingerprint density at radius 3 is 2.05 bits per heavy atom. The molecule has 0 saturated carbocycles. The van der Waals surface area contributed by atoms with E-state index in [0.717, 1.165) is 21.8 Å². The molecule has 4 aromatic rings. The van der Waals surface area contributed by atoms with Gasteiger partial charge in [-0.25, -0.2) is 14.6 Å². The normalized spacial score (nSPS) is 13.4. The summed E-state index contributed by atoms with van der Waals surface area (Å²) in [6.07, 6.45) is -0.657. The zero-order chi connectivity index (χ0) is 39.3. The van der Waals surface area contributed by atoms with Gasteiger partial charge in [0.1, 0.15) is 12.6 Å². The summed E-state index contributed by atoms with van der Waals surface area (Å²) in [5.41, 5.74) is 3.86. The minimum Gasteiger partial charge on any atom is -0.790 e. The molecule has 0 saturated heterocycles. The third kappa shape index (κ3) is 17.4. The summed E-state index contributed by atoms with van der Waals surface area (Å²) in [5.74, 6) is -0.610. The molecule has 292 valence electrons. The molecule has 0 bridgehead atoms. The van der Waals surface area contributed by atoms with Crippen molar-refractivity contribution in [2.45, 2.75) is 90.3 Å². The smallest absolute Gasteiger partial charge is 0.790 e. The first-order valence-electron chi connectivity index (χ1n) is 17.5. The van der Waals surface area contributed by atoms with E-state index in [4.69, 9.17) is 9.26 Å². The Morgan fingerprint density at radius 1 is 0.893 bits per heavy atom. The van der Waals surface area contributed by atoms with E-state index in [1.54, 1.807) is 56.9 Å². The predicted molar refractivity (Wildman–Crippen MR) is 203 cm³/mol. The molecule has 4 rings (SSSR count). The third-order valence-corrected chi connectivity index (χ3v) is 10.8. The van der Waals surface area contributed by atoms with Crippen molar-refractivity contribution >= 4 is 48.5 Å². The summed E-state index contributed by atoms with van der Waals surface area (Å²) in [5, 5.41) is 11.4. The van der Waals surface area contributed by atoms with Crippen LogP contribution in [-0.4, -0.2) is 64.2 Å². The average Bonchev–Trinajstić information content (AvgIpc) is 3.82. The molecule has 0 aliphatic rings. The standard InChI is InChI=1S/C37H49N6O8PS2.2Na/c1-24(2)33(42-36(45)43(5)20-29-22-53-35(40-29)25(3)4)34(44)39-28(16-26-12-8-6-9-13-26)18-32(51-52(47,48)49)31(17-27-14-10-7-11-15-27)41-37(46)50-21-30-19-38-23-54-30;;/h6-15,19,22-25,28,31-33H,16-18,20-21H2,1-5H3,(H,39,44)(H,41,46)(H,42,45)(H2,47,48,49);;/q;2*+1/p-2/t28-,31-,32-,33-;;/m0../s1. The Hall–Kier alpha value is -2.18. The Bertz CT molecular complexity index is 1820. The van der Waals surface area contributed by atoms with Crippen molar-refractivity contribution in [1.82, 2.24) is 30.8 Å². The molecule has 19 heteroatoms. The van der Waals surface area contributed by atoms with Gasteiger partial charge < -0.3 is 44.5 Å². The monoisotopic (exact) mass is 844 g/mol. The topological polar surface area (TPSA) is 198 Å². The van der Waals surface area contributed by atoms with Gasteiger partial charge in [-0.15, -0.1) is 22.7 Å². The van der Waals surface area contributed by atoms with Gasteiger partial charge in [0.25, 0.3) is 0 Å². The number of ether oxygens (including phenoxy) is 1. The molecular weight excluding hydrogens is 798 g/mol. The summed E-state index contributed by atoms with van der Waals surface area (Å²) in [4.78, 5) is 75.6. The second kappa shape index (κ2) is 24.7. The number of alkyl carbamates (subject to hydrolysis) is 1. The predicted octanol–water partition coefficient (Wildman–Crippen LogP) is -1.23. The second-order valence-electron chi connectivity index (χ2n) is 13.6. The van der Waals surface area contributed by atoms with Crippen LogP contribution in [0.3, 0.4) is 0 Å². The maximum Gasteiger partial charge on any atom is 1.00 e. The largest absolute Gasteiger partial charge is 1.00 e. The number of urea groups is 1. The number of nitrogens with zero attached hydrogens (tertiary/aromatic N) is 3. The van der Waals surface area contributed by atoms with E-state index in [-0.39, 0.29) is 103 Å². The number of nitrogens with one attached hydrogen (secondary N) is 3. The van der Waals surface area contributed by atoms with Crippen LogP contribution in [0.25, 0.3) is 0 Å². The van der Waals surface area contributed by atoms with E-state index in [1.165, 1.54) is 27.6 Å². The van der Waals surface area contributed by atoms with Crippen molar-refractivity contribution in [2.75, 3.05) is 7.05 Å². The molecule has 4 amide bonds. The van der Waals surface area contributed by atoms with E-state index < -0.39 is 50.1 Å². The van der Waals surface area contributed by atoms with Crippen molar-refractivity contribution in [3.63, 3.8) is 0 Å². The van der Waals surface area contributed by atoms with Gasteiger partial charge in [0.05, 0.1) is 47.6 Å². The Balaban J connectivity index is 0.00000541. The van der Waals surface area contributed by atoms with Gasteiger partial charge in [-0.3, -0.25) is 9.78 Å². The number of phosphoric acid groups is 1. The molecular formula is C37H47N6Na2O8PS2. The van der Waals surface area contributed by atoms with Crippen LogP contribution in [0.5, 0.6) is 0 Å². The van der Waals surface area contributed by atoms with Crippen molar-refractivity contribution < 1.29 is 97.1 Å². The van der Waals surface area contributed by atoms with Crippen molar-refractivity contribution in [2.24, 2.45) is 5.92 Å². The van der Waals surface area contributed by atoms with E-state index in [1.807, 2.05) is 55.6 Å². The quantitative estimate of drug-likeness (QED) is 0.0760. The number of phosphoric ester groups is 1. The zero-order valence-electron chi connectivity index (χ0n) is 32.9. The molecule has 0 spiro atoms. The van der Waals surface area contributed by atoms with Crippen molar-refractivity contribution in [1.29, 1.82) is 0 Å². The summed E-state index contributed by atoms with van der Waals surface area (Å²) < 4.78 is 22.8. The number of aromatic nitrogens is 2. The number of hydrogen-bond acceptors (Lipinski definition) is 12. The van der Waals surface area contributed by atoms with E-state index in [0.29, 0.717) is 4.88 Å². The van der Waals surface area contributed by atoms with Gasteiger partial charge in [0, 0.05) is 30.6 Å². The Kier molecular flexibility index (Phi) is 22.0. The fourth-order valence-electron chi connectivity index (χ4n) is 5.65. The molecule has 0 unspecified atom stereocenters. The van der Waals surface area contributed by atoms with Gasteiger partial charge in [-0.05, 0) is 36.3 Å². The molecule has 14 nitrogen and oxygen atoms in total. The fourth-order valence-corrected chi connectivity index (χ4v) is 7.55. The van der Waals surface area contributed by atoms with Crippen LogP contribution in [0.15, 0.2) is 77.8 Å². The molecule has 0 aliphatic heterocycles. The van der Waals surface area contributed by atoms with Gasteiger partial charge >= 0.3 is 71.2 Å². The van der Waals surface area contributed by atoms with Crippen LogP contribution in [0, 0.1) is 5.92 Å². The first-order chi connectivity index (χ1) is 25.7. The van der Waals surface area contributed by atoms with E-state index in [9.17, 15) is 28.7 Å². The maximum absolute atomic E-state index is 14.0. The second-order valence-corrected chi connectivity index (χ2v) is 16.5. The van der Waals surface area contributed by atoms with Crippen molar-refractivity contribution in [3.05, 3.63) is 104 Å². The fraction of sp³-hybridized carbons (Fsp3) is 0.432. The average molecular weight is 845 g/mol. The number of benzene rings is 2. The molecule has 4 atom stereocenters. The molecule has 3 N–H and O–H groups in total. The van der Waals surface area contributed by atoms with Gasteiger partial charge in [0.2, 0.25) is 5.91 Å². The van der Waals surface area contributed by atoms with Crippen LogP contribution in [0.1, 0.15) is 66.7 Å². The van der Waals surface area contributed by atoms with E-state index >= 15 is 0 Å². The number of carbonyl (C=O) groups is 3. The zero-order valence-corrected chi connectivity index (χ0v) is 39.4. The summed E-state index contributed by atoms with van der Waals surface area (Å²) in [6.45, 7) is 7.84. The number of thiazole rings is 2. The first-order valence-corrected chi connectivity index (χ1v) is 20.7. The van der Waals surface area contributed by atoms with Crippen LogP contribution in [0.4, 0.5) is 9.59 Å². The van der Waals surface area contributed by atoms with Gasteiger partial charge in [-0.2, -0.15) is 0 Å². The van der Waals surface area contributed by atoms with Gasteiger partial charge in [-0.1, -0.05) is 88.4 Å². The van der Waals surface area contributed by atoms with Crippen LogP contribution >= 0.6 is 30.5 Å². The molecule has 2 heterocycles.